The van der Waals surface area contributed by atoms with Gasteiger partial charge in [-0.05, 0) is 74.5 Å². The predicted octanol–water partition coefficient (Wildman–Crippen LogP) is 5.32. The Balaban J connectivity index is 0.000000156. The van der Waals surface area contributed by atoms with E-state index in [0.717, 1.165) is 40.3 Å². The fraction of sp³-hybridized carbons (Fsp3) is 0.167. The predicted molar refractivity (Wildman–Crippen MR) is 147 cm³/mol. The van der Waals surface area contributed by atoms with Crippen LogP contribution in [0.2, 0.25) is 0 Å². The summed E-state index contributed by atoms with van der Waals surface area (Å²) in [4.78, 5) is 16.7. The van der Waals surface area contributed by atoms with Crippen molar-refractivity contribution < 1.29 is 6.16 Å². The van der Waals surface area contributed by atoms with E-state index in [4.69, 9.17) is 0 Å². The van der Waals surface area contributed by atoms with Gasteiger partial charge in [0.15, 0.2) is 12.4 Å². The Morgan fingerprint density at radius 1 is 0.649 bits per heavy atom. The minimum absolute atomic E-state index is 0. The molecule has 6 rings (SSSR count). The Hall–Kier alpha value is -4.49. The first-order chi connectivity index (χ1) is 18.3. The first kappa shape index (κ1) is 25.6. The lowest BCUT2D eigenvalue weighted by molar-refractivity contribution is -0.605. The van der Waals surface area contributed by atoms with Crippen LogP contribution < -0.4 is 10.0 Å². The van der Waals surface area contributed by atoms with Gasteiger partial charge >= 0.3 is 0 Å². The number of pyridine rings is 5. The lowest BCUT2D eigenvalue weighted by Gasteiger charge is -2.21. The molecule has 0 unspecified atom stereocenters. The molecule has 1 aliphatic rings. The van der Waals surface area contributed by atoms with Gasteiger partial charge in [-0.15, -0.1) is 0 Å². The number of aromatic nitrogens is 5. The van der Waals surface area contributed by atoms with Crippen LogP contribution in [-0.4, -0.2) is 33.0 Å². The third-order valence-corrected chi connectivity index (χ3v) is 5.85. The second-order valence-electron chi connectivity index (χ2n) is 8.39. The topological polar surface area (TPSA) is 90.5 Å². The van der Waals surface area contributed by atoms with E-state index < -0.39 is 0 Å². The number of hydrogen-bond donors (Lipinski definition) is 1. The molecule has 188 valence electrons. The summed E-state index contributed by atoms with van der Waals surface area (Å²) in [6, 6.07) is 25.1. The minimum atomic E-state index is 0. The van der Waals surface area contributed by atoms with Crippen molar-refractivity contribution in [3.05, 3.63) is 133 Å². The average Bonchev–Trinajstić information content (AvgIpc) is 3.00. The maximum absolute atomic E-state index is 10.7. The van der Waals surface area contributed by atoms with E-state index in [1.807, 2.05) is 60.8 Å². The zero-order chi connectivity index (χ0) is 25.5. The SMILES string of the molecule is [HH].[O-][n+]1ccc(-c2ccccn2)cc1.c1ccc(-c2ccncc2)nc1.c1ccc(C2CCNCC2)nc1. The van der Waals surface area contributed by atoms with Crippen molar-refractivity contribution in [1.29, 1.82) is 0 Å². The van der Waals surface area contributed by atoms with Crippen molar-refractivity contribution in [3.63, 3.8) is 0 Å². The molecule has 6 heterocycles. The molecule has 0 radical (unpaired) electrons. The number of piperidine rings is 1. The highest BCUT2D eigenvalue weighted by Crippen LogP contribution is 2.22. The van der Waals surface area contributed by atoms with E-state index in [9.17, 15) is 5.21 Å². The summed E-state index contributed by atoms with van der Waals surface area (Å²) in [6.45, 7) is 2.28. The van der Waals surface area contributed by atoms with Gasteiger partial charge in [-0.3, -0.25) is 19.9 Å². The van der Waals surface area contributed by atoms with Crippen LogP contribution in [-0.2, 0) is 0 Å². The monoisotopic (exact) mass is 492 g/mol. The van der Waals surface area contributed by atoms with E-state index >= 15 is 0 Å². The van der Waals surface area contributed by atoms with Crippen molar-refractivity contribution in [2.45, 2.75) is 18.8 Å². The van der Waals surface area contributed by atoms with Gasteiger partial charge < -0.3 is 10.5 Å². The largest absolute Gasteiger partial charge is 0.619 e. The molecular weight excluding hydrogens is 460 g/mol. The number of nitrogens with zero attached hydrogens (tertiary/aromatic N) is 5. The van der Waals surface area contributed by atoms with E-state index in [2.05, 4.69) is 37.4 Å². The molecule has 0 aromatic carbocycles. The molecular formula is C30H32N6O. The molecule has 5 aromatic heterocycles. The Kier molecular flexibility index (Phi) is 9.80. The third-order valence-electron chi connectivity index (χ3n) is 5.85. The van der Waals surface area contributed by atoms with E-state index in [-0.39, 0.29) is 1.43 Å². The van der Waals surface area contributed by atoms with Gasteiger partial charge in [-0.2, -0.15) is 4.73 Å². The quantitative estimate of drug-likeness (QED) is 0.271. The lowest BCUT2D eigenvalue weighted by atomic mass is 9.94. The zero-order valence-electron chi connectivity index (χ0n) is 20.6. The van der Waals surface area contributed by atoms with Gasteiger partial charge in [0.2, 0.25) is 0 Å². The molecule has 0 saturated carbocycles. The highest BCUT2D eigenvalue weighted by atomic mass is 16.5. The molecule has 1 aliphatic heterocycles. The number of nitrogens with one attached hydrogen (secondary N) is 1. The summed E-state index contributed by atoms with van der Waals surface area (Å²) in [5.74, 6) is 0.687. The summed E-state index contributed by atoms with van der Waals surface area (Å²) in [6.07, 6.45) is 14.3. The Morgan fingerprint density at radius 2 is 1.19 bits per heavy atom. The molecule has 1 fully saturated rings. The van der Waals surface area contributed by atoms with Gasteiger partial charge in [-0.25, -0.2) is 0 Å². The molecule has 0 aliphatic carbocycles. The lowest BCUT2D eigenvalue weighted by Crippen LogP contribution is -2.26. The molecule has 0 amide bonds. The van der Waals surface area contributed by atoms with Crippen LogP contribution in [0.4, 0.5) is 0 Å². The van der Waals surface area contributed by atoms with Crippen LogP contribution in [0.15, 0.2) is 122 Å². The summed E-state index contributed by atoms with van der Waals surface area (Å²) >= 11 is 0. The molecule has 0 atom stereocenters. The fourth-order valence-corrected chi connectivity index (χ4v) is 3.91. The second kappa shape index (κ2) is 14.2. The van der Waals surface area contributed by atoms with Crippen LogP contribution in [0.1, 0.15) is 25.9 Å². The number of hydrogen-bond acceptors (Lipinski definition) is 6. The third kappa shape index (κ3) is 8.30. The highest BCUT2D eigenvalue weighted by Gasteiger charge is 2.15. The zero-order valence-corrected chi connectivity index (χ0v) is 20.6. The molecule has 7 nitrogen and oxygen atoms in total. The number of rotatable bonds is 3. The molecule has 5 aromatic rings. The van der Waals surface area contributed by atoms with Crippen LogP contribution in [0, 0.1) is 5.21 Å². The van der Waals surface area contributed by atoms with Crippen LogP contribution in [0.25, 0.3) is 22.5 Å². The average molecular weight is 493 g/mol. The van der Waals surface area contributed by atoms with E-state index in [1.54, 1.807) is 36.9 Å². The normalized spacial score (nSPS) is 12.9. The van der Waals surface area contributed by atoms with Crippen molar-refractivity contribution >= 4 is 0 Å². The molecule has 1 N–H and O–H groups in total. The Bertz CT molecular complexity index is 1250. The van der Waals surface area contributed by atoms with Gasteiger partial charge in [0.1, 0.15) is 0 Å². The van der Waals surface area contributed by atoms with Crippen molar-refractivity contribution in [2.75, 3.05) is 13.1 Å². The van der Waals surface area contributed by atoms with Gasteiger partial charge in [0.25, 0.3) is 0 Å². The molecule has 1 saturated heterocycles. The smallest absolute Gasteiger partial charge is 0.181 e. The maximum Gasteiger partial charge on any atom is 0.181 e. The first-order valence-corrected chi connectivity index (χ1v) is 12.3. The molecule has 37 heavy (non-hydrogen) atoms. The van der Waals surface area contributed by atoms with Crippen LogP contribution in [0.5, 0.6) is 0 Å². The van der Waals surface area contributed by atoms with Crippen LogP contribution in [0.3, 0.4) is 0 Å². The van der Waals surface area contributed by atoms with Crippen molar-refractivity contribution in [2.24, 2.45) is 0 Å². The van der Waals surface area contributed by atoms with Crippen LogP contribution >= 0.6 is 0 Å². The summed E-state index contributed by atoms with van der Waals surface area (Å²) in [5.41, 5.74) is 5.18. The molecule has 0 bridgehead atoms. The summed E-state index contributed by atoms with van der Waals surface area (Å²) < 4.78 is 0.756. The second-order valence-corrected chi connectivity index (χ2v) is 8.39. The van der Waals surface area contributed by atoms with Crippen molar-refractivity contribution in [1.82, 2.24) is 25.3 Å². The fourth-order valence-electron chi connectivity index (χ4n) is 3.91. The summed E-state index contributed by atoms with van der Waals surface area (Å²) in [5, 5.41) is 14.1. The summed E-state index contributed by atoms with van der Waals surface area (Å²) in [7, 11) is 0. The maximum atomic E-state index is 10.7. The van der Waals surface area contributed by atoms with Gasteiger partial charge in [-0.1, -0.05) is 18.2 Å². The van der Waals surface area contributed by atoms with E-state index in [1.165, 1.54) is 30.9 Å². The highest BCUT2D eigenvalue weighted by molar-refractivity contribution is 5.57. The molecule has 0 spiro atoms. The Morgan fingerprint density at radius 3 is 1.70 bits per heavy atom. The molecule has 7 heteroatoms. The van der Waals surface area contributed by atoms with Gasteiger partial charge in [0.05, 0.1) is 11.4 Å². The first-order valence-electron chi connectivity index (χ1n) is 12.3. The minimum Gasteiger partial charge on any atom is -0.619 e. The van der Waals surface area contributed by atoms with E-state index in [0.29, 0.717) is 5.92 Å². The standard InChI is InChI=1S/C10H8N2O.C10H14N2.C10H8N2.H2/c13-12-7-4-9(5-8-12)10-3-1-2-6-11-10;2*1-2-6-12-10(3-1)9-4-7-11-8-5-9;/h1-8H;1-3,6,9,11H,4-5,7-8H2;1-8H;1H. The van der Waals surface area contributed by atoms with Gasteiger partial charge in [0, 0.05) is 67.3 Å². The Labute approximate surface area is 219 Å². The van der Waals surface area contributed by atoms with Crippen molar-refractivity contribution in [3.8, 4) is 22.5 Å².